The van der Waals surface area contributed by atoms with Crippen LogP contribution in [0.2, 0.25) is 5.02 Å². The fourth-order valence-electron chi connectivity index (χ4n) is 2.43. The monoisotopic (exact) mass is 378 g/mol. The van der Waals surface area contributed by atoms with Gasteiger partial charge in [0.05, 0.1) is 23.1 Å². The molecular weight excluding hydrogens is 364 g/mol. The molecule has 3 rings (SSSR count). The molecule has 0 saturated carbocycles. The first-order valence-electron chi connectivity index (χ1n) is 7.58. The number of amides is 1. The van der Waals surface area contributed by atoms with Gasteiger partial charge in [0, 0.05) is 5.02 Å². The van der Waals surface area contributed by atoms with Gasteiger partial charge in [0.25, 0.3) is 0 Å². The number of thiazole rings is 1. The van der Waals surface area contributed by atoms with E-state index in [0.717, 1.165) is 15.8 Å². The van der Waals surface area contributed by atoms with Crippen molar-refractivity contribution in [1.29, 1.82) is 0 Å². The number of nitrogens with zero attached hydrogens (tertiary/aromatic N) is 2. The molecular formula is C17H15ClN2O4S. The van der Waals surface area contributed by atoms with E-state index in [4.69, 9.17) is 20.8 Å². The highest BCUT2D eigenvalue weighted by atomic mass is 35.5. The minimum atomic E-state index is -0.516. The summed E-state index contributed by atoms with van der Waals surface area (Å²) < 4.78 is 12.6. The van der Waals surface area contributed by atoms with Crippen molar-refractivity contribution >= 4 is 45.0 Å². The number of benzene rings is 1. The summed E-state index contributed by atoms with van der Waals surface area (Å²) in [6.07, 6.45) is 1.41. The van der Waals surface area contributed by atoms with Gasteiger partial charge < -0.3 is 13.7 Å². The maximum atomic E-state index is 12.3. The van der Waals surface area contributed by atoms with Gasteiger partial charge in [-0.05, 0) is 43.7 Å². The van der Waals surface area contributed by atoms with Crippen molar-refractivity contribution in [2.45, 2.75) is 20.4 Å². The number of hydrogen-bond donors (Lipinski definition) is 0. The number of carbonyl (C=O) groups is 2. The summed E-state index contributed by atoms with van der Waals surface area (Å²) in [7, 11) is 0. The van der Waals surface area contributed by atoms with Gasteiger partial charge in [-0.3, -0.25) is 9.59 Å². The number of carbonyl (C=O) groups excluding carboxylic acids is 2. The summed E-state index contributed by atoms with van der Waals surface area (Å²) in [5.74, 6) is -0.790. The Bertz CT molecular complexity index is 1000. The Labute approximate surface area is 152 Å². The van der Waals surface area contributed by atoms with E-state index in [0.29, 0.717) is 9.82 Å². The molecule has 0 N–H and O–H groups in total. The van der Waals surface area contributed by atoms with Crippen LogP contribution in [0.4, 0.5) is 0 Å². The first-order valence-corrected chi connectivity index (χ1v) is 8.77. The Hall–Kier alpha value is -2.38. The third-order valence-electron chi connectivity index (χ3n) is 3.55. The van der Waals surface area contributed by atoms with Crippen molar-refractivity contribution in [3.05, 3.63) is 51.7 Å². The Morgan fingerprint density at radius 1 is 1.36 bits per heavy atom. The van der Waals surface area contributed by atoms with Gasteiger partial charge in [-0.15, -0.1) is 0 Å². The number of halogens is 1. The van der Waals surface area contributed by atoms with Crippen LogP contribution in [0.15, 0.2) is 39.9 Å². The SMILES string of the molecule is CCOC(=O)Cn1c(=NC(=O)c2ccco2)sc2ccc(Cl)c(C)c21. The van der Waals surface area contributed by atoms with Crippen LogP contribution in [0.5, 0.6) is 0 Å². The molecule has 25 heavy (non-hydrogen) atoms. The molecule has 0 unspecified atom stereocenters. The highest BCUT2D eigenvalue weighted by Crippen LogP contribution is 2.27. The highest BCUT2D eigenvalue weighted by molar-refractivity contribution is 7.16. The van der Waals surface area contributed by atoms with E-state index in [1.54, 1.807) is 23.6 Å². The second-order valence-corrected chi connectivity index (χ2v) is 6.61. The minimum absolute atomic E-state index is 0.0563. The zero-order valence-electron chi connectivity index (χ0n) is 13.6. The molecule has 6 nitrogen and oxygen atoms in total. The van der Waals surface area contributed by atoms with E-state index in [-0.39, 0.29) is 18.9 Å². The third kappa shape index (κ3) is 3.52. The summed E-state index contributed by atoms with van der Waals surface area (Å²) in [6.45, 7) is 3.82. The Morgan fingerprint density at radius 3 is 2.84 bits per heavy atom. The fourth-order valence-corrected chi connectivity index (χ4v) is 3.67. The van der Waals surface area contributed by atoms with Crippen molar-refractivity contribution in [3.63, 3.8) is 0 Å². The maximum absolute atomic E-state index is 12.3. The average molecular weight is 379 g/mol. The molecule has 0 saturated heterocycles. The predicted octanol–water partition coefficient (Wildman–Crippen LogP) is 3.56. The average Bonchev–Trinajstić information content (AvgIpc) is 3.21. The van der Waals surface area contributed by atoms with E-state index in [1.165, 1.54) is 23.7 Å². The van der Waals surface area contributed by atoms with Gasteiger partial charge in [-0.25, -0.2) is 0 Å². The molecule has 0 fully saturated rings. The lowest BCUT2D eigenvalue weighted by molar-refractivity contribution is -0.143. The maximum Gasteiger partial charge on any atom is 0.326 e. The van der Waals surface area contributed by atoms with Gasteiger partial charge in [-0.2, -0.15) is 4.99 Å². The molecule has 1 amide bonds. The molecule has 3 aromatic rings. The van der Waals surface area contributed by atoms with E-state index in [9.17, 15) is 9.59 Å². The normalized spacial score (nSPS) is 11.9. The van der Waals surface area contributed by atoms with Crippen LogP contribution in [0.25, 0.3) is 10.2 Å². The number of aromatic nitrogens is 1. The van der Waals surface area contributed by atoms with Gasteiger partial charge in [0.1, 0.15) is 6.54 Å². The standard InChI is InChI=1S/C17H15ClN2O4S/c1-3-23-14(21)9-20-15-10(2)11(18)6-7-13(15)25-17(20)19-16(22)12-5-4-8-24-12/h4-8H,3,9H2,1-2H3. The van der Waals surface area contributed by atoms with E-state index >= 15 is 0 Å². The molecule has 0 aliphatic rings. The molecule has 0 radical (unpaired) electrons. The first-order chi connectivity index (χ1) is 12.0. The van der Waals surface area contributed by atoms with Crippen molar-refractivity contribution in [1.82, 2.24) is 4.57 Å². The smallest absolute Gasteiger partial charge is 0.326 e. The zero-order chi connectivity index (χ0) is 18.0. The lowest BCUT2D eigenvalue weighted by Crippen LogP contribution is -2.23. The number of esters is 1. The van der Waals surface area contributed by atoms with Gasteiger partial charge in [0.2, 0.25) is 0 Å². The topological polar surface area (TPSA) is 73.8 Å². The second kappa shape index (κ2) is 7.25. The molecule has 130 valence electrons. The number of hydrogen-bond acceptors (Lipinski definition) is 5. The molecule has 0 atom stereocenters. The minimum Gasteiger partial charge on any atom is -0.465 e. The predicted molar refractivity (Wildman–Crippen MR) is 94.8 cm³/mol. The summed E-state index contributed by atoms with van der Waals surface area (Å²) in [4.78, 5) is 28.8. The molecule has 0 bridgehead atoms. The number of rotatable bonds is 4. The van der Waals surface area contributed by atoms with Gasteiger partial charge in [0.15, 0.2) is 10.6 Å². The Balaban J connectivity index is 2.18. The van der Waals surface area contributed by atoms with Crippen molar-refractivity contribution in [2.24, 2.45) is 4.99 Å². The number of furan rings is 1. The van der Waals surface area contributed by atoms with Crippen molar-refractivity contribution < 1.29 is 18.7 Å². The van der Waals surface area contributed by atoms with Crippen LogP contribution >= 0.6 is 22.9 Å². The molecule has 0 spiro atoms. The number of fused-ring (bicyclic) bond motifs is 1. The zero-order valence-corrected chi connectivity index (χ0v) is 15.2. The lowest BCUT2D eigenvalue weighted by Gasteiger charge is -2.07. The molecule has 1 aromatic carbocycles. The summed E-state index contributed by atoms with van der Waals surface area (Å²) in [5.41, 5.74) is 1.57. The molecule has 8 heteroatoms. The van der Waals surface area contributed by atoms with E-state index < -0.39 is 11.9 Å². The van der Waals surface area contributed by atoms with Crippen molar-refractivity contribution in [3.8, 4) is 0 Å². The quantitative estimate of drug-likeness (QED) is 0.650. The highest BCUT2D eigenvalue weighted by Gasteiger charge is 2.16. The lowest BCUT2D eigenvalue weighted by atomic mass is 10.2. The summed E-state index contributed by atoms with van der Waals surface area (Å²) in [5, 5.41) is 0.576. The van der Waals surface area contributed by atoms with Gasteiger partial charge in [-0.1, -0.05) is 22.9 Å². The van der Waals surface area contributed by atoms with Crippen LogP contribution in [0.3, 0.4) is 0 Å². The van der Waals surface area contributed by atoms with Crippen LogP contribution < -0.4 is 4.80 Å². The molecule has 0 aliphatic carbocycles. The van der Waals surface area contributed by atoms with Crippen LogP contribution in [-0.2, 0) is 16.1 Å². The first kappa shape index (κ1) is 17.4. The second-order valence-electron chi connectivity index (χ2n) is 5.19. The largest absolute Gasteiger partial charge is 0.465 e. The molecule has 2 aromatic heterocycles. The van der Waals surface area contributed by atoms with Crippen LogP contribution in [0.1, 0.15) is 23.0 Å². The fraction of sp³-hybridized carbons (Fsp3) is 0.235. The number of aryl methyl sites for hydroxylation is 1. The molecule has 2 heterocycles. The van der Waals surface area contributed by atoms with Crippen LogP contribution in [-0.4, -0.2) is 23.1 Å². The summed E-state index contributed by atoms with van der Waals surface area (Å²) >= 11 is 7.52. The van der Waals surface area contributed by atoms with E-state index in [1.807, 2.05) is 13.0 Å². The van der Waals surface area contributed by atoms with Gasteiger partial charge >= 0.3 is 11.9 Å². The van der Waals surface area contributed by atoms with Crippen LogP contribution in [0, 0.1) is 6.92 Å². The molecule has 0 aliphatic heterocycles. The Kier molecular flexibility index (Phi) is 5.06. The number of ether oxygens (including phenoxy) is 1. The van der Waals surface area contributed by atoms with E-state index in [2.05, 4.69) is 4.99 Å². The van der Waals surface area contributed by atoms with Crippen molar-refractivity contribution in [2.75, 3.05) is 6.61 Å². The summed E-state index contributed by atoms with van der Waals surface area (Å²) in [6, 6.07) is 6.77. The third-order valence-corrected chi connectivity index (χ3v) is 5.00. The Morgan fingerprint density at radius 2 is 2.16 bits per heavy atom.